The van der Waals surface area contributed by atoms with Crippen molar-refractivity contribution in [2.45, 2.75) is 25.9 Å². The molecule has 0 aromatic carbocycles. The zero-order valence-corrected chi connectivity index (χ0v) is 7.41. The first-order chi connectivity index (χ1) is 5.61. The SMILES string of the molecule is CC(C)NC(C(=O)O)C1COC1. The Morgan fingerprint density at radius 1 is 1.58 bits per heavy atom. The lowest BCUT2D eigenvalue weighted by molar-refractivity contribution is -0.147. The Kier molecular flexibility index (Phi) is 3.05. The largest absolute Gasteiger partial charge is 0.480 e. The van der Waals surface area contributed by atoms with Crippen LogP contribution in [0.4, 0.5) is 0 Å². The van der Waals surface area contributed by atoms with Gasteiger partial charge in [0.05, 0.1) is 13.2 Å². The number of carbonyl (C=O) groups is 1. The molecule has 1 aliphatic heterocycles. The number of ether oxygens (including phenoxy) is 1. The van der Waals surface area contributed by atoms with Crippen LogP contribution in [0.25, 0.3) is 0 Å². The highest BCUT2D eigenvalue weighted by Gasteiger charge is 2.33. The highest BCUT2D eigenvalue weighted by Crippen LogP contribution is 2.15. The van der Waals surface area contributed by atoms with Crippen LogP contribution < -0.4 is 5.32 Å². The minimum absolute atomic E-state index is 0.143. The lowest BCUT2D eigenvalue weighted by atomic mass is 9.97. The van der Waals surface area contributed by atoms with Gasteiger partial charge >= 0.3 is 5.97 Å². The van der Waals surface area contributed by atoms with Crippen molar-refractivity contribution in [1.29, 1.82) is 0 Å². The molecule has 1 unspecified atom stereocenters. The second-order valence-electron chi connectivity index (χ2n) is 3.43. The summed E-state index contributed by atoms with van der Waals surface area (Å²) >= 11 is 0. The van der Waals surface area contributed by atoms with Crippen LogP contribution in [-0.4, -0.2) is 36.4 Å². The molecule has 1 heterocycles. The minimum Gasteiger partial charge on any atom is -0.480 e. The van der Waals surface area contributed by atoms with Gasteiger partial charge in [0.2, 0.25) is 0 Å². The average Bonchev–Trinajstić information content (AvgIpc) is 1.80. The van der Waals surface area contributed by atoms with Crippen molar-refractivity contribution in [3.63, 3.8) is 0 Å². The highest BCUT2D eigenvalue weighted by molar-refractivity contribution is 5.74. The van der Waals surface area contributed by atoms with E-state index in [4.69, 9.17) is 9.84 Å². The molecule has 12 heavy (non-hydrogen) atoms. The van der Waals surface area contributed by atoms with Crippen molar-refractivity contribution in [3.8, 4) is 0 Å². The van der Waals surface area contributed by atoms with Crippen LogP contribution in [-0.2, 0) is 9.53 Å². The van der Waals surface area contributed by atoms with E-state index in [1.807, 2.05) is 13.8 Å². The van der Waals surface area contributed by atoms with Crippen molar-refractivity contribution in [2.24, 2.45) is 5.92 Å². The summed E-state index contributed by atoms with van der Waals surface area (Å²) in [4.78, 5) is 10.8. The first-order valence-corrected chi connectivity index (χ1v) is 4.18. The van der Waals surface area contributed by atoms with Crippen molar-refractivity contribution in [3.05, 3.63) is 0 Å². The Hall–Kier alpha value is -0.610. The molecule has 4 heteroatoms. The summed E-state index contributed by atoms with van der Waals surface area (Å²) in [5, 5.41) is 11.8. The van der Waals surface area contributed by atoms with E-state index in [2.05, 4.69) is 5.32 Å². The van der Waals surface area contributed by atoms with Crippen LogP contribution in [0.3, 0.4) is 0 Å². The summed E-state index contributed by atoms with van der Waals surface area (Å²) in [6.45, 7) is 5.01. The molecule has 1 fully saturated rings. The Bertz CT molecular complexity index is 166. The molecule has 2 N–H and O–H groups in total. The van der Waals surface area contributed by atoms with Gasteiger partial charge in [0.1, 0.15) is 6.04 Å². The molecule has 0 aromatic heterocycles. The van der Waals surface area contributed by atoms with E-state index in [1.54, 1.807) is 0 Å². The van der Waals surface area contributed by atoms with Gasteiger partial charge < -0.3 is 15.2 Å². The first-order valence-electron chi connectivity index (χ1n) is 4.18. The topological polar surface area (TPSA) is 58.6 Å². The normalized spacial score (nSPS) is 20.6. The summed E-state index contributed by atoms with van der Waals surface area (Å²) in [6.07, 6.45) is 0. The predicted octanol–water partition coefficient (Wildman–Crippen LogP) is 0.0840. The summed E-state index contributed by atoms with van der Waals surface area (Å²) in [7, 11) is 0. The van der Waals surface area contributed by atoms with E-state index < -0.39 is 12.0 Å². The number of hydrogen-bond acceptors (Lipinski definition) is 3. The van der Waals surface area contributed by atoms with Gasteiger partial charge in [-0.05, 0) is 0 Å². The summed E-state index contributed by atoms with van der Waals surface area (Å²) in [5.74, 6) is -0.637. The molecular weight excluding hydrogens is 158 g/mol. The van der Waals surface area contributed by atoms with Crippen LogP contribution >= 0.6 is 0 Å². The summed E-state index contributed by atoms with van der Waals surface area (Å²) in [5.41, 5.74) is 0. The Labute approximate surface area is 71.9 Å². The smallest absolute Gasteiger partial charge is 0.321 e. The quantitative estimate of drug-likeness (QED) is 0.632. The van der Waals surface area contributed by atoms with Gasteiger partial charge in [0.25, 0.3) is 0 Å². The van der Waals surface area contributed by atoms with Crippen molar-refractivity contribution in [2.75, 3.05) is 13.2 Å². The molecule has 4 nitrogen and oxygen atoms in total. The second-order valence-corrected chi connectivity index (χ2v) is 3.43. The van der Waals surface area contributed by atoms with Crippen molar-refractivity contribution in [1.82, 2.24) is 5.32 Å². The summed E-state index contributed by atoms with van der Waals surface area (Å²) < 4.78 is 4.94. The van der Waals surface area contributed by atoms with Crippen LogP contribution in [0.5, 0.6) is 0 Å². The monoisotopic (exact) mass is 173 g/mol. The molecule has 0 aromatic rings. The minimum atomic E-state index is -0.781. The van der Waals surface area contributed by atoms with E-state index in [0.717, 1.165) is 0 Å². The number of rotatable bonds is 4. The Morgan fingerprint density at radius 3 is 2.42 bits per heavy atom. The van der Waals surface area contributed by atoms with Gasteiger partial charge in [0, 0.05) is 12.0 Å². The molecule has 1 saturated heterocycles. The number of carboxylic acid groups (broad SMARTS) is 1. The zero-order valence-electron chi connectivity index (χ0n) is 7.41. The van der Waals surface area contributed by atoms with Crippen LogP contribution in [0.15, 0.2) is 0 Å². The van der Waals surface area contributed by atoms with E-state index in [0.29, 0.717) is 13.2 Å². The predicted molar refractivity (Wildman–Crippen MR) is 44.0 cm³/mol. The van der Waals surface area contributed by atoms with Gasteiger partial charge in [-0.1, -0.05) is 13.8 Å². The summed E-state index contributed by atoms with van der Waals surface area (Å²) in [6, 6.07) is -0.245. The third-order valence-corrected chi connectivity index (χ3v) is 1.91. The standard InChI is InChI=1S/C8H15NO3/c1-5(2)9-7(8(10)11)6-3-12-4-6/h5-7,9H,3-4H2,1-2H3,(H,10,11). The molecule has 0 spiro atoms. The van der Waals surface area contributed by atoms with Gasteiger partial charge in [-0.15, -0.1) is 0 Å². The van der Waals surface area contributed by atoms with Gasteiger partial charge in [0.15, 0.2) is 0 Å². The molecule has 1 rings (SSSR count). The Balaban J connectivity index is 2.42. The van der Waals surface area contributed by atoms with E-state index >= 15 is 0 Å². The fourth-order valence-electron chi connectivity index (χ4n) is 1.21. The van der Waals surface area contributed by atoms with Gasteiger partial charge in [-0.2, -0.15) is 0 Å². The van der Waals surface area contributed by atoms with Crippen LogP contribution in [0, 0.1) is 5.92 Å². The molecule has 70 valence electrons. The molecule has 0 saturated carbocycles. The first kappa shape index (κ1) is 9.48. The lowest BCUT2D eigenvalue weighted by Gasteiger charge is -2.32. The average molecular weight is 173 g/mol. The molecule has 0 aliphatic carbocycles. The van der Waals surface area contributed by atoms with E-state index in [1.165, 1.54) is 0 Å². The number of hydrogen-bond donors (Lipinski definition) is 2. The fraction of sp³-hybridized carbons (Fsp3) is 0.875. The fourth-order valence-corrected chi connectivity index (χ4v) is 1.21. The molecule has 1 atom stereocenters. The number of nitrogens with one attached hydrogen (secondary N) is 1. The Morgan fingerprint density at radius 2 is 2.17 bits per heavy atom. The van der Waals surface area contributed by atoms with Gasteiger partial charge in [-0.3, -0.25) is 4.79 Å². The molecule has 0 amide bonds. The molecule has 0 radical (unpaired) electrons. The lowest BCUT2D eigenvalue weighted by Crippen LogP contribution is -2.52. The van der Waals surface area contributed by atoms with Crippen LogP contribution in [0.1, 0.15) is 13.8 Å². The van der Waals surface area contributed by atoms with Gasteiger partial charge in [-0.25, -0.2) is 0 Å². The maximum Gasteiger partial charge on any atom is 0.321 e. The number of carboxylic acids is 1. The van der Waals surface area contributed by atoms with Crippen molar-refractivity contribution < 1.29 is 14.6 Å². The molecular formula is C8H15NO3. The maximum absolute atomic E-state index is 10.8. The van der Waals surface area contributed by atoms with E-state index in [-0.39, 0.29) is 12.0 Å². The van der Waals surface area contributed by atoms with Crippen LogP contribution in [0.2, 0.25) is 0 Å². The molecule has 1 aliphatic rings. The second kappa shape index (κ2) is 3.87. The third kappa shape index (κ3) is 2.19. The maximum atomic E-state index is 10.8. The third-order valence-electron chi connectivity index (χ3n) is 1.91. The molecule has 0 bridgehead atoms. The zero-order chi connectivity index (χ0) is 9.14. The van der Waals surface area contributed by atoms with E-state index in [9.17, 15) is 4.79 Å². The highest BCUT2D eigenvalue weighted by atomic mass is 16.5. The number of aliphatic carboxylic acids is 1. The van der Waals surface area contributed by atoms with Crippen molar-refractivity contribution >= 4 is 5.97 Å².